The average molecular weight is 319 g/mol. The van der Waals surface area contributed by atoms with E-state index in [0.29, 0.717) is 11.6 Å². The number of nitrogens with zero attached hydrogens (tertiary/aromatic N) is 2. The summed E-state index contributed by atoms with van der Waals surface area (Å²) >= 11 is 2.13. The van der Waals surface area contributed by atoms with Crippen molar-refractivity contribution in [1.82, 2.24) is 15.1 Å². The van der Waals surface area contributed by atoms with E-state index >= 15 is 0 Å². The fourth-order valence-corrected chi connectivity index (χ4v) is 2.03. The van der Waals surface area contributed by atoms with Crippen LogP contribution in [0, 0.1) is 9.12 Å². The molecular weight excluding hydrogens is 305 g/mol. The van der Waals surface area contributed by atoms with Crippen LogP contribution < -0.4 is 5.32 Å². The fourth-order valence-electron chi connectivity index (χ4n) is 1.52. The van der Waals surface area contributed by atoms with E-state index in [4.69, 9.17) is 0 Å². The lowest BCUT2D eigenvalue weighted by atomic mass is 10.2. The number of halogens is 1. The van der Waals surface area contributed by atoms with E-state index in [-0.39, 0.29) is 11.3 Å². The van der Waals surface area contributed by atoms with Crippen LogP contribution in [0.5, 0.6) is 0 Å². The summed E-state index contributed by atoms with van der Waals surface area (Å²) in [4.78, 5) is 11.8. The van der Waals surface area contributed by atoms with Gasteiger partial charge in [0.25, 0.3) is 5.91 Å². The van der Waals surface area contributed by atoms with Gasteiger partial charge in [-0.25, -0.2) is 0 Å². The van der Waals surface area contributed by atoms with Crippen LogP contribution in [0.4, 0.5) is 0 Å². The Hall–Kier alpha value is -0.590. The molecule has 1 heterocycles. The van der Waals surface area contributed by atoms with Gasteiger partial charge in [-0.3, -0.25) is 9.48 Å². The standard InChI is InChI=1S/C10H14IN3O/c1-10(2)4-7(10)13-9(15)6-5-12-14(3)8(6)11/h5,7H,4H2,1-3H3,(H,13,15). The highest BCUT2D eigenvalue weighted by Crippen LogP contribution is 2.44. The molecule has 5 heteroatoms. The molecular formula is C10H14IN3O. The van der Waals surface area contributed by atoms with Gasteiger partial charge in [-0.2, -0.15) is 5.10 Å². The molecule has 1 aromatic rings. The number of carbonyl (C=O) groups is 1. The zero-order valence-electron chi connectivity index (χ0n) is 9.04. The molecule has 1 N–H and O–H groups in total. The van der Waals surface area contributed by atoms with E-state index in [0.717, 1.165) is 10.1 Å². The Morgan fingerprint density at radius 1 is 1.73 bits per heavy atom. The first-order valence-corrected chi connectivity index (χ1v) is 5.98. The lowest BCUT2D eigenvalue weighted by molar-refractivity contribution is 0.0945. The van der Waals surface area contributed by atoms with Crippen molar-refractivity contribution in [2.75, 3.05) is 0 Å². The average Bonchev–Trinajstić information content (AvgIpc) is 2.57. The first-order chi connectivity index (χ1) is 6.92. The molecule has 0 aliphatic heterocycles. The Labute approximate surface area is 103 Å². The molecule has 1 aliphatic carbocycles. The quantitative estimate of drug-likeness (QED) is 0.841. The van der Waals surface area contributed by atoms with Gasteiger partial charge in [0.2, 0.25) is 0 Å². The number of carbonyl (C=O) groups excluding carboxylic acids is 1. The second-order valence-corrected chi connectivity index (χ2v) is 5.71. The molecule has 0 spiro atoms. The van der Waals surface area contributed by atoms with Gasteiger partial charge < -0.3 is 5.32 Å². The van der Waals surface area contributed by atoms with Crippen LogP contribution in [-0.2, 0) is 7.05 Å². The molecule has 4 nitrogen and oxygen atoms in total. The zero-order chi connectivity index (χ0) is 11.2. The van der Waals surface area contributed by atoms with Crippen LogP contribution in [0.2, 0.25) is 0 Å². The molecule has 1 fully saturated rings. The van der Waals surface area contributed by atoms with Crippen LogP contribution in [0.1, 0.15) is 30.6 Å². The molecule has 0 saturated heterocycles. The number of rotatable bonds is 2. The summed E-state index contributed by atoms with van der Waals surface area (Å²) in [6.07, 6.45) is 2.68. The maximum atomic E-state index is 11.8. The SMILES string of the molecule is Cn1ncc(C(=O)NC2CC2(C)C)c1I. The molecule has 1 aliphatic rings. The van der Waals surface area contributed by atoms with Gasteiger partial charge in [-0.05, 0) is 34.4 Å². The van der Waals surface area contributed by atoms with E-state index in [1.807, 2.05) is 7.05 Å². The third-order valence-corrected chi connectivity index (χ3v) is 4.21. The topological polar surface area (TPSA) is 46.9 Å². The van der Waals surface area contributed by atoms with Gasteiger partial charge in [-0.1, -0.05) is 13.8 Å². The van der Waals surface area contributed by atoms with E-state index in [1.54, 1.807) is 10.9 Å². The number of amides is 1. The van der Waals surface area contributed by atoms with Crippen LogP contribution in [0.15, 0.2) is 6.20 Å². The van der Waals surface area contributed by atoms with Crippen LogP contribution in [0.25, 0.3) is 0 Å². The molecule has 1 aromatic heterocycles. The second kappa shape index (κ2) is 3.47. The fraction of sp³-hybridized carbons (Fsp3) is 0.600. The molecule has 15 heavy (non-hydrogen) atoms. The van der Waals surface area contributed by atoms with Gasteiger partial charge in [0.1, 0.15) is 3.70 Å². The highest BCUT2D eigenvalue weighted by atomic mass is 127. The van der Waals surface area contributed by atoms with Gasteiger partial charge in [0.05, 0.1) is 11.8 Å². The van der Waals surface area contributed by atoms with Crippen molar-refractivity contribution in [3.8, 4) is 0 Å². The lowest BCUT2D eigenvalue weighted by Gasteiger charge is -2.05. The molecule has 1 saturated carbocycles. The Morgan fingerprint density at radius 3 is 2.73 bits per heavy atom. The summed E-state index contributed by atoms with van der Waals surface area (Å²) in [5.41, 5.74) is 0.935. The minimum Gasteiger partial charge on any atom is -0.349 e. The molecule has 82 valence electrons. The predicted octanol–water partition coefficient (Wildman–Crippen LogP) is 1.55. The zero-order valence-corrected chi connectivity index (χ0v) is 11.2. The second-order valence-electron chi connectivity index (χ2n) is 4.69. The van der Waals surface area contributed by atoms with Crippen LogP contribution in [-0.4, -0.2) is 21.7 Å². The third kappa shape index (κ3) is 2.02. The maximum absolute atomic E-state index is 11.8. The van der Waals surface area contributed by atoms with E-state index in [1.165, 1.54) is 0 Å². The van der Waals surface area contributed by atoms with E-state index in [9.17, 15) is 4.79 Å². The monoisotopic (exact) mass is 319 g/mol. The number of hydrogen-bond donors (Lipinski definition) is 1. The van der Waals surface area contributed by atoms with Gasteiger partial charge in [0, 0.05) is 13.1 Å². The predicted molar refractivity (Wildman–Crippen MR) is 65.6 cm³/mol. The Morgan fingerprint density at radius 2 is 2.33 bits per heavy atom. The summed E-state index contributed by atoms with van der Waals surface area (Å²) in [6.45, 7) is 4.32. The highest BCUT2D eigenvalue weighted by Gasteiger charge is 2.46. The number of nitrogens with one attached hydrogen (secondary N) is 1. The summed E-state index contributed by atoms with van der Waals surface area (Å²) in [5.74, 6) is -0.0110. The number of aromatic nitrogens is 2. The lowest BCUT2D eigenvalue weighted by Crippen LogP contribution is -2.28. The van der Waals surface area contributed by atoms with Crippen molar-refractivity contribution < 1.29 is 4.79 Å². The summed E-state index contributed by atoms with van der Waals surface area (Å²) < 4.78 is 2.58. The molecule has 0 aromatic carbocycles. The van der Waals surface area contributed by atoms with Crippen LogP contribution >= 0.6 is 22.6 Å². The summed E-state index contributed by atoms with van der Waals surface area (Å²) in [7, 11) is 1.83. The summed E-state index contributed by atoms with van der Waals surface area (Å²) in [5, 5.41) is 7.07. The highest BCUT2D eigenvalue weighted by molar-refractivity contribution is 14.1. The normalized spacial score (nSPS) is 22.5. The minimum atomic E-state index is -0.0110. The number of aryl methyl sites for hydroxylation is 1. The molecule has 1 amide bonds. The van der Waals surface area contributed by atoms with Crippen LogP contribution in [0.3, 0.4) is 0 Å². The van der Waals surface area contributed by atoms with Crippen molar-refractivity contribution in [2.45, 2.75) is 26.3 Å². The first-order valence-electron chi connectivity index (χ1n) is 4.90. The smallest absolute Gasteiger partial charge is 0.255 e. The van der Waals surface area contributed by atoms with Crippen molar-refractivity contribution in [1.29, 1.82) is 0 Å². The number of hydrogen-bond acceptors (Lipinski definition) is 2. The van der Waals surface area contributed by atoms with Gasteiger partial charge in [-0.15, -0.1) is 0 Å². The van der Waals surface area contributed by atoms with Crippen molar-refractivity contribution in [3.63, 3.8) is 0 Å². The molecule has 0 radical (unpaired) electrons. The van der Waals surface area contributed by atoms with Gasteiger partial charge in [0.15, 0.2) is 0 Å². The molecule has 1 unspecified atom stereocenters. The minimum absolute atomic E-state index is 0.0110. The van der Waals surface area contributed by atoms with E-state index < -0.39 is 0 Å². The molecule has 0 bridgehead atoms. The third-order valence-electron chi connectivity index (χ3n) is 2.93. The Balaban J connectivity index is 2.06. The summed E-state index contributed by atoms with van der Waals surface area (Å²) in [6, 6.07) is 0.320. The largest absolute Gasteiger partial charge is 0.349 e. The Kier molecular flexibility index (Phi) is 2.52. The first kappa shape index (κ1) is 10.9. The van der Waals surface area contributed by atoms with E-state index in [2.05, 4.69) is 46.9 Å². The molecule has 2 rings (SSSR count). The van der Waals surface area contributed by atoms with Gasteiger partial charge >= 0.3 is 0 Å². The van der Waals surface area contributed by atoms with Crippen molar-refractivity contribution in [3.05, 3.63) is 15.5 Å². The van der Waals surface area contributed by atoms with Crippen molar-refractivity contribution >= 4 is 28.5 Å². The maximum Gasteiger partial charge on any atom is 0.255 e. The Bertz CT molecular complexity index is 411. The molecule has 1 atom stereocenters. The van der Waals surface area contributed by atoms with Crippen molar-refractivity contribution in [2.24, 2.45) is 12.5 Å².